The van der Waals surface area contributed by atoms with Crippen molar-refractivity contribution in [1.82, 2.24) is 0 Å². The Kier molecular flexibility index (Phi) is 6.07. The number of nitrogens with zero attached hydrogens (tertiary/aromatic N) is 2. The summed E-state index contributed by atoms with van der Waals surface area (Å²) in [5.74, 6) is -0.544. The smallest absolute Gasteiger partial charge is 0.284 e. The summed E-state index contributed by atoms with van der Waals surface area (Å²) in [6, 6.07) is 9.20. The van der Waals surface area contributed by atoms with Crippen LogP contribution in [0.2, 0.25) is 0 Å². The van der Waals surface area contributed by atoms with E-state index in [-0.39, 0.29) is 22.5 Å². The second-order valence-corrected chi connectivity index (χ2v) is 5.56. The molecule has 140 valence electrons. The van der Waals surface area contributed by atoms with Crippen molar-refractivity contribution in [2.75, 3.05) is 0 Å². The van der Waals surface area contributed by atoms with Gasteiger partial charge in [-0.15, -0.1) is 0 Å². The van der Waals surface area contributed by atoms with Crippen LogP contribution in [0.1, 0.15) is 10.4 Å². The number of ketones is 1. The zero-order valence-corrected chi connectivity index (χ0v) is 14.6. The van der Waals surface area contributed by atoms with Crippen molar-refractivity contribution in [3.8, 4) is 11.1 Å². The monoisotopic (exact) mass is 377 g/mol. The van der Waals surface area contributed by atoms with Crippen LogP contribution in [0, 0.1) is 25.6 Å². The highest BCUT2D eigenvalue weighted by Gasteiger charge is 2.21. The number of hydrogen-bond donors (Lipinski definition) is 1. The first-order valence-corrected chi connectivity index (χ1v) is 7.92. The van der Waals surface area contributed by atoms with Crippen molar-refractivity contribution >= 4 is 22.9 Å². The third-order valence-corrected chi connectivity index (χ3v) is 3.88. The fraction of sp³-hybridized carbons (Fsp3) is 0. The lowest BCUT2D eigenvalue weighted by Gasteiger charge is -2.07. The van der Waals surface area contributed by atoms with Gasteiger partial charge in [-0.3, -0.25) is 30.4 Å². The molecule has 0 aromatic heterocycles. The van der Waals surface area contributed by atoms with Gasteiger partial charge in [0.15, 0.2) is 0 Å². The lowest BCUT2D eigenvalue weighted by molar-refractivity contribution is -0.393. The summed E-state index contributed by atoms with van der Waals surface area (Å²) in [4.78, 5) is 33.1. The molecule has 0 fully saturated rings. The van der Waals surface area contributed by atoms with Gasteiger partial charge in [-0.2, -0.15) is 0 Å². The van der Waals surface area contributed by atoms with E-state index in [4.69, 9.17) is 5.41 Å². The normalized spacial score (nSPS) is 10.8. The maximum atomic E-state index is 12.4. The molecule has 1 N–H and O–H groups in total. The van der Waals surface area contributed by atoms with Gasteiger partial charge in [-0.05, 0) is 11.6 Å². The van der Waals surface area contributed by atoms with E-state index in [9.17, 15) is 25.0 Å². The molecular weight excluding hydrogens is 362 g/mol. The lowest BCUT2D eigenvalue weighted by atomic mass is 9.97. The van der Waals surface area contributed by atoms with Crippen molar-refractivity contribution in [2.45, 2.75) is 0 Å². The molecule has 0 saturated carbocycles. The van der Waals surface area contributed by atoms with Crippen molar-refractivity contribution in [3.63, 3.8) is 0 Å². The fourth-order valence-corrected chi connectivity index (χ4v) is 2.49. The van der Waals surface area contributed by atoms with E-state index in [2.05, 4.69) is 13.2 Å². The van der Waals surface area contributed by atoms with Crippen LogP contribution in [-0.4, -0.2) is 21.3 Å². The zero-order chi connectivity index (χ0) is 20.8. The third-order valence-electron chi connectivity index (χ3n) is 3.88. The number of non-ortho nitro benzene ring substituents is 1. The quantitative estimate of drug-likeness (QED) is 0.235. The van der Waals surface area contributed by atoms with Crippen LogP contribution in [0.15, 0.2) is 79.4 Å². The highest BCUT2D eigenvalue weighted by Crippen LogP contribution is 2.33. The highest BCUT2D eigenvalue weighted by atomic mass is 16.6. The summed E-state index contributed by atoms with van der Waals surface area (Å²) in [6.45, 7) is 7.07. The topological polar surface area (TPSA) is 127 Å². The molecule has 0 unspecified atom stereocenters. The van der Waals surface area contributed by atoms with Crippen LogP contribution >= 0.6 is 0 Å². The molecule has 2 aromatic carbocycles. The molecule has 0 heterocycles. The van der Waals surface area contributed by atoms with E-state index in [0.717, 1.165) is 6.07 Å². The molecule has 8 heteroatoms. The van der Waals surface area contributed by atoms with E-state index in [1.165, 1.54) is 54.6 Å². The Morgan fingerprint density at radius 2 is 1.64 bits per heavy atom. The summed E-state index contributed by atoms with van der Waals surface area (Å²) >= 11 is 0. The molecule has 0 aliphatic carbocycles. The molecule has 0 saturated heterocycles. The minimum absolute atomic E-state index is 0.183. The van der Waals surface area contributed by atoms with Crippen LogP contribution in [0.5, 0.6) is 0 Å². The molecule has 0 bridgehead atoms. The number of rotatable bonds is 8. The Labute approximate surface area is 159 Å². The Balaban J connectivity index is 2.41. The first-order chi connectivity index (χ1) is 13.3. The van der Waals surface area contributed by atoms with Crippen molar-refractivity contribution in [3.05, 3.63) is 105 Å². The largest absolute Gasteiger partial charge is 0.296 e. The average Bonchev–Trinajstić information content (AvgIpc) is 2.70. The fourth-order valence-electron chi connectivity index (χ4n) is 2.49. The minimum Gasteiger partial charge on any atom is -0.296 e. The Morgan fingerprint density at radius 3 is 2.14 bits per heavy atom. The summed E-state index contributed by atoms with van der Waals surface area (Å²) < 4.78 is 0. The summed E-state index contributed by atoms with van der Waals surface area (Å²) in [7, 11) is 0. The molecule has 28 heavy (non-hydrogen) atoms. The number of carbonyl (C=O) groups is 1. The molecule has 8 nitrogen and oxygen atoms in total. The van der Waals surface area contributed by atoms with Crippen LogP contribution in [0.3, 0.4) is 0 Å². The Hall–Kier alpha value is -4.20. The second-order valence-electron chi connectivity index (χ2n) is 5.56. The van der Waals surface area contributed by atoms with Gasteiger partial charge >= 0.3 is 0 Å². The molecular formula is C20H15N3O5. The maximum absolute atomic E-state index is 12.4. The standard InChI is InChI=1S/C20H15N3O5/c1-3-5-13(4-2)19(21)20(24)15-8-6-14(7-9-15)17-11-10-16(22(25)26)12-18(17)23(27)28/h3-12,21H,1-2H2/b13-5+,21-19?. The van der Waals surface area contributed by atoms with Gasteiger partial charge in [0.05, 0.1) is 21.5 Å². The van der Waals surface area contributed by atoms with Crippen molar-refractivity contribution < 1.29 is 14.6 Å². The first-order valence-electron chi connectivity index (χ1n) is 7.92. The summed E-state index contributed by atoms with van der Waals surface area (Å²) in [5, 5.41) is 30.1. The zero-order valence-electron chi connectivity index (χ0n) is 14.6. The predicted molar refractivity (Wildman–Crippen MR) is 106 cm³/mol. The second kappa shape index (κ2) is 8.45. The van der Waals surface area contributed by atoms with Crippen molar-refractivity contribution in [2.24, 2.45) is 0 Å². The van der Waals surface area contributed by atoms with Gasteiger partial charge in [0.25, 0.3) is 11.4 Å². The molecule has 0 spiro atoms. The van der Waals surface area contributed by atoms with Gasteiger partial charge in [0, 0.05) is 17.2 Å². The number of nitro groups is 2. The van der Waals surface area contributed by atoms with E-state index in [1.807, 2.05) is 0 Å². The molecule has 2 rings (SSSR count). The third kappa shape index (κ3) is 4.13. The maximum Gasteiger partial charge on any atom is 0.284 e. The predicted octanol–water partition coefficient (Wildman–Crippen LogP) is 4.67. The number of allylic oxidation sites excluding steroid dienone is 4. The molecule has 0 radical (unpaired) electrons. The van der Waals surface area contributed by atoms with Gasteiger partial charge in [-0.1, -0.05) is 55.7 Å². The number of nitrogens with one attached hydrogen (secondary N) is 1. The molecule has 0 atom stereocenters. The van der Waals surface area contributed by atoms with E-state index in [1.54, 1.807) is 0 Å². The summed E-state index contributed by atoms with van der Waals surface area (Å²) in [5.41, 5.74) is 0.0676. The SMILES string of the molecule is C=C/C=C(\C=C)C(=N)C(=O)c1ccc(-c2ccc([N+](=O)[O-])cc2[N+](=O)[O-])cc1. The number of carbonyl (C=O) groups excluding carboxylic acids is 1. The van der Waals surface area contributed by atoms with Gasteiger partial charge in [-0.25, -0.2) is 0 Å². The number of benzene rings is 2. The number of nitro benzene ring substituents is 2. The van der Waals surface area contributed by atoms with Crippen LogP contribution < -0.4 is 0 Å². The number of Topliss-reactive ketones (excluding diaryl/α,β-unsaturated/α-hetero) is 1. The highest BCUT2D eigenvalue weighted by molar-refractivity contribution is 6.50. The average molecular weight is 377 g/mol. The minimum atomic E-state index is -0.710. The van der Waals surface area contributed by atoms with Crippen LogP contribution in [-0.2, 0) is 0 Å². The molecule has 2 aromatic rings. The van der Waals surface area contributed by atoms with Gasteiger partial charge in [0.1, 0.15) is 5.71 Å². The Bertz CT molecular complexity index is 1040. The van der Waals surface area contributed by atoms with Crippen LogP contribution in [0.25, 0.3) is 11.1 Å². The lowest BCUT2D eigenvalue weighted by Crippen LogP contribution is -2.14. The van der Waals surface area contributed by atoms with E-state index >= 15 is 0 Å². The molecule has 0 aliphatic rings. The summed E-state index contributed by atoms with van der Waals surface area (Å²) in [6.07, 6.45) is 4.30. The molecule has 0 amide bonds. The van der Waals surface area contributed by atoms with Gasteiger partial charge in [0.2, 0.25) is 5.78 Å². The Morgan fingerprint density at radius 1 is 1.00 bits per heavy atom. The first kappa shape index (κ1) is 20.1. The van der Waals surface area contributed by atoms with Crippen molar-refractivity contribution in [1.29, 1.82) is 5.41 Å². The molecule has 0 aliphatic heterocycles. The van der Waals surface area contributed by atoms with Gasteiger partial charge < -0.3 is 0 Å². The van der Waals surface area contributed by atoms with E-state index in [0.29, 0.717) is 11.1 Å². The van der Waals surface area contributed by atoms with E-state index < -0.39 is 21.3 Å². The number of hydrogen-bond acceptors (Lipinski definition) is 6. The van der Waals surface area contributed by atoms with Crippen LogP contribution in [0.4, 0.5) is 11.4 Å².